The van der Waals surface area contributed by atoms with Gasteiger partial charge in [-0.1, -0.05) is 24.3 Å². The van der Waals surface area contributed by atoms with Gasteiger partial charge in [-0.25, -0.2) is 0 Å². The van der Waals surface area contributed by atoms with Crippen LogP contribution in [-0.4, -0.2) is 4.98 Å². The first-order valence-electron chi connectivity index (χ1n) is 4.74. The van der Waals surface area contributed by atoms with Gasteiger partial charge in [-0.05, 0) is 22.9 Å². The molecule has 0 bridgehead atoms. The van der Waals surface area contributed by atoms with Gasteiger partial charge in [-0.3, -0.25) is 4.98 Å². The van der Waals surface area contributed by atoms with Gasteiger partial charge in [0.25, 0.3) is 0 Å². The van der Waals surface area contributed by atoms with Gasteiger partial charge >= 0.3 is 0 Å². The Labute approximate surface area is 92.0 Å². The molecule has 71 valence electrons. The summed E-state index contributed by atoms with van der Waals surface area (Å²) in [6, 6.07) is 12.4. The van der Waals surface area contributed by atoms with Crippen molar-refractivity contribution in [1.29, 1.82) is 0 Å². The molecular weight excluding hydrogens is 202 g/mol. The van der Waals surface area contributed by atoms with Crippen LogP contribution < -0.4 is 0 Å². The SMILES string of the molecule is [c]1sccc1-c1nccc2ccccc12. The smallest absolute Gasteiger partial charge is 0.0795 e. The molecule has 0 spiro atoms. The van der Waals surface area contributed by atoms with Crippen molar-refractivity contribution in [3.63, 3.8) is 0 Å². The maximum absolute atomic E-state index is 4.42. The van der Waals surface area contributed by atoms with Crippen molar-refractivity contribution in [2.75, 3.05) is 0 Å². The van der Waals surface area contributed by atoms with Gasteiger partial charge in [-0.2, -0.15) is 0 Å². The molecule has 0 unspecified atom stereocenters. The summed E-state index contributed by atoms with van der Waals surface area (Å²) >= 11 is 1.58. The average molecular weight is 210 g/mol. The van der Waals surface area contributed by atoms with Crippen LogP contribution in [0, 0.1) is 5.38 Å². The zero-order valence-corrected chi connectivity index (χ0v) is 8.79. The Hall–Kier alpha value is -1.67. The maximum atomic E-state index is 4.42. The predicted octanol–water partition coefficient (Wildman–Crippen LogP) is 3.76. The topological polar surface area (TPSA) is 12.9 Å². The van der Waals surface area contributed by atoms with E-state index < -0.39 is 0 Å². The third-order valence-electron chi connectivity index (χ3n) is 2.40. The second-order valence-electron chi connectivity index (χ2n) is 3.32. The monoisotopic (exact) mass is 210 g/mol. The molecule has 0 aliphatic heterocycles. The summed E-state index contributed by atoms with van der Waals surface area (Å²) in [5.41, 5.74) is 2.10. The molecule has 2 aromatic heterocycles. The van der Waals surface area contributed by atoms with E-state index in [1.54, 1.807) is 11.3 Å². The molecule has 2 heterocycles. The van der Waals surface area contributed by atoms with Crippen molar-refractivity contribution < 1.29 is 0 Å². The summed E-state index contributed by atoms with van der Waals surface area (Å²) in [6.45, 7) is 0. The Kier molecular flexibility index (Phi) is 2.00. The molecule has 0 N–H and O–H groups in total. The van der Waals surface area contributed by atoms with Crippen molar-refractivity contribution in [2.45, 2.75) is 0 Å². The first-order valence-corrected chi connectivity index (χ1v) is 5.62. The first kappa shape index (κ1) is 8.62. The van der Waals surface area contributed by atoms with E-state index in [9.17, 15) is 0 Å². The highest BCUT2D eigenvalue weighted by atomic mass is 32.1. The third-order valence-corrected chi connectivity index (χ3v) is 3.01. The molecule has 0 aliphatic rings. The number of hydrogen-bond acceptors (Lipinski definition) is 2. The Morgan fingerprint density at radius 1 is 1.07 bits per heavy atom. The number of thiophene rings is 1. The fraction of sp³-hybridized carbons (Fsp3) is 0. The maximum Gasteiger partial charge on any atom is 0.0795 e. The summed E-state index contributed by atoms with van der Waals surface area (Å²) in [5, 5.41) is 7.66. The van der Waals surface area contributed by atoms with E-state index in [1.807, 2.05) is 29.8 Å². The fourth-order valence-corrected chi connectivity index (χ4v) is 2.26. The number of aromatic nitrogens is 1. The van der Waals surface area contributed by atoms with Crippen LogP contribution in [0.3, 0.4) is 0 Å². The molecule has 0 amide bonds. The van der Waals surface area contributed by atoms with E-state index in [-0.39, 0.29) is 0 Å². The van der Waals surface area contributed by atoms with Crippen LogP contribution in [0.1, 0.15) is 0 Å². The third kappa shape index (κ3) is 1.43. The van der Waals surface area contributed by atoms with Crippen LogP contribution in [0.25, 0.3) is 22.0 Å². The van der Waals surface area contributed by atoms with Crippen LogP contribution >= 0.6 is 11.3 Å². The van der Waals surface area contributed by atoms with E-state index in [2.05, 4.69) is 28.6 Å². The van der Waals surface area contributed by atoms with Crippen LogP contribution in [0.4, 0.5) is 0 Å². The molecule has 0 atom stereocenters. The summed E-state index contributed by atoms with van der Waals surface area (Å²) < 4.78 is 0. The highest BCUT2D eigenvalue weighted by molar-refractivity contribution is 7.07. The lowest BCUT2D eigenvalue weighted by Crippen LogP contribution is -1.83. The number of hydrogen-bond donors (Lipinski definition) is 0. The quantitative estimate of drug-likeness (QED) is 0.596. The molecule has 15 heavy (non-hydrogen) atoms. The number of nitrogens with zero attached hydrogens (tertiary/aromatic N) is 1. The second kappa shape index (κ2) is 3.48. The highest BCUT2D eigenvalue weighted by Crippen LogP contribution is 2.26. The Bertz CT molecular complexity index is 579. The molecule has 1 nitrogen and oxygen atoms in total. The van der Waals surface area contributed by atoms with Gasteiger partial charge in [0.05, 0.1) is 11.1 Å². The highest BCUT2D eigenvalue weighted by Gasteiger charge is 2.04. The minimum Gasteiger partial charge on any atom is -0.256 e. The van der Waals surface area contributed by atoms with Crippen LogP contribution in [0.5, 0.6) is 0 Å². The number of benzene rings is 1. The molecule has 0 fully saturated rings. The first-order chi connectivity index (χ1) is 7.45. The molecule has 3 rings (SSSR count). The van der Waals surface area contributed by atoms with Gasteiger partial charge in [-0.15, -0.1) is 11.3 Å². The summed E-state index contributed by atoms with van der Waals surface area (Å²) in [6.07, 6.45) is 1.85. The van der Waals surface area contributed by atoms with Crippen molar-refractivity contribution in [3.8, 4) is 11.3 Å². The van der Waals surface area contributed by atoms with Gasteiger partial charge in [0.1, 0.15) is 0 Å². The molecule has 0 saturated heterocycles. The largest absolute Gasteiger partial charge is 0.256 e. The van der Waals surface area contributed by atoms with Crippen LogP contribution in [0.2, 0.25) is 0 Å². The molecule has 3 aromatic rings. The zero-order chi connectivity index (χ0) is 10.1. The molecule has 0 saturated carbocycles. The summed E-state index contributed by atoms with van der Waals surface area (Å²) in [4.78, 5) is 4.42. The molecule has 0 aliphatic carbocycles. The molecule has 1 radical (unpaired) electrons. The van der Waals surface area contributed by atoms with Gasteiger partial charge < -0.3 is 0 Å². The summed E-state index contributed by atoms with van der Waals surface area (Å²) in [5.74, 6) is 0. The predicted molar refractivity (Wildman–Crippen MR) is 63.9 cm³/mol. The Morgan fingerprint density at radius 3 is 2.87 bits per heavy atom. The van der Waals surface area contributed by atoms with E-state index in [1.165, 1.54) is 10.8 Å². The van der Waals surface area contributed by atoms with E-state index >= 15 is 0 Å². The lowest BCUT2D eigenvalue weighted by molar-refractivity contribution is 1.36. The van der Waals surface area contributed by atoms with Crippen molar-refractivity contribution in [2.24, 2.45) is 0 Å². The van der Waals surface area contributed by atoms with Crippen molar-refractivity contribution in [3.05, 3.63) is 53.4 Å². The van der Waals surface area contributed by atoms with Crippen LogP contribution in [0.15, 0.2) is 48.0 Å². The lowest BCUT2D eigenvalue weighted by Gasteiger charge is -2.02. The standard InChI is InChI=1S/C13H8NS/c1-2-4-12-10(3-1)5-7-14-13(12)11-6-8-15-9-11/h1-8H. The van der Waals surface area contributed by atoms with Gasteiger partial charge in [0.2, 0.25) is 0 Å². The number of pyridine rings is 1. The Balaban J connectivity index is 2.36. The normalized spacial score (nSPS) is 10.7. The van der Waals surface area contributed by atoms with Gasteiger partial charge in [0.15, 0.2) is 0 Å². The zero-order valence-electron chi connectivity index (χ0n) is 7.97. The van der Waals surface area contributed by atoms with E-state index in [4.69, 9.17) is 0 Å². The average Bonchev–Trinajstić information content (AvgIpc) is 2.82. The lowest BCUT2D eigenvalue weighted by atomic mass is 10.1. The molecule has 1 aromatic carbocycles. The Morgan fingerprint density at radius 2 is 2.00 bits per heavy atom. The van der Waals surface area contributed by atoms with Crippen LogP contribution in [-0.2, 0) is 0 Å². The number of rotatable bonds is 1. The molecular formula is C13H8NS. The van der Waals surface area contributed by atoms with E-state index in [0.717, 1.165) is 11.3 Å². The minimum atomic E-state index is 1.02. The van der Waals surface area contributed by atoms with E-state index in [0.29, 0.717) is 0 Å². The van der Waals surface area contributed by atoms with Crippen molar-refractivity contribution in [1.82, 2.24) is 4.98 Å². The van der Waals surface area contributed by atoms with Gasteiger partial charge in [0, 0.05) is 17.1 Å². The van der Waals surface area contributed by atoms with Crippen molar-refractivity contribution >= 4 is 22.1 Å². The minimum absolute atomic E-state index is 1.02. The summed E-state index contributed by atoms with van der Waals surface area (Å²) in [7, 11) is 0. The number of fused-ring (bicyclic) bond motifs is 1. The second-order valence-corrected chi connectivity index (χ2v) is 4.03. The fourth-order valence-electron chi connectivity index (χ4n) is 1.70. The molecule has 2 heteroatoms.